The van der Waals surface area contributed by atoms with Crippen LogP contribution in [0.5, 0.6) is 0 Å². The largest absolute Gasteiger partial charge is 0.369 e. The molecule has 5 nitrogen and oxygen atoms in total. The van der Waals surface area contributed by atoms with E-state index in [1.54, 1.807) is 0 Å². The zero-order chi connectivity index (χ0) is 16.2. The van der Waals surface area contributed by atoms with Crippen LogP contribution < -0.4 is 10.2 Å². The summed E-state index contributed by atoms with van der Waals surface area (Å²) in [7, 11) is 2.14. The van der Waals surface area contributed by atoms with Crippen LogP contribution in [0.15, 0.2) is 18.2 Å². The average Bonchev–Trinajstić information content (AvgIpc) is 3.08. The lowest BCUT2D eigenvalue weighted by Crippen LogP contribution is -2.45. The molecular formula is C17H24ClN3O2. The first-order chi connectivity index (χ1) is 11.1. The van der Waals surface area contributed by atoms with Crippen LogP contribution in [0.4, 0.5) is 5.69 Å². The van der Waals surface area contributed by atoms with E-state index in [-0.39, 0.29) is 12.0 Å². The Morgan fingerprint density at radius 2 is 2.13 bits per heavy atom. The highest BCUT2D eigenvalue weighted by molar-refractivity contribution is 6.31. The van der Waals surface area contributed by atoms with Crippen molar-refractivity contribution in [3.05, 3.63) is 28.8 Å². The second kappa shape index (κ2) is 7.51. The van der Waals surface area contributed by atoms with Gasteiger partial charge < -0.3 is 19.9 Å². The number of anilines is 1. The lowest BCUT2D eigenvalue weighted by Gasteiger charge is -2.35. The number of carbonyl (C=O) groups is 1. The lowest BCUT2D eigenvalue weighted by molar-refractivity contribution is -0.130. The zero-order valence-corrected chi connectivity index (χ0v) is 14.3. The maximum absolute atomic E-state index is 12.2. The molecule has 2 saturated heterocycles. The molecule has 0 spiro atoms. The number of ether oxygens (including phenoxy) is 1. The summed E-state index contributed by atoms with van der Waals surface area (Å²) in [6.45, 7) is 5.15. The second-order valence-electron chi connectivity index (χ2n) is 6.25. The molecule has 0 bridgehead atoms. The molecule has 1 aromatic carbocycles. The van der Waals surface area contributed by atoms with E-state index in [0.717, 1.165) is 50.3 Å². The van der Waals surface area contributed by atoms with Crippen molar-refractivity contribution in [1.29, 1.82) is 0 Å². The van der Waals surface area contributed by atoms with Gasteiger partial charge in [-0.2, -0.15) is 0 Å². The van der Waals surface area contributed by atoms with Crippen LogP contribution >= 0.6 is 11.6 Å². The van der Waals surface area contributed by atoms with Gasteiger partial charge in [-0.25, -0.2) is 0 Å². The maximum atomic E-state index is 12.2. The SMILES string of the molecule is CN1CCN(c2cccc(Cl)c2CNC(=O)C2CCCO2)CC1. The lowest BCUT2D eigenvalue weighted by atomic mass is 10.1. The number of nitrogens with one attached hydrogen (secondary N) is 1. The minimum absolute atomic E-state index is 0.0354. The Morgan fingerprint density at radius 1 is 1.35 bits per heavy atom. The first kappa shape index (κ1) is 16.6. The van der Waals surface area contributed by atoms with Gasteiger partial charge in [-0.1, -0.05) is 17.7 Å². The minimum Gasteiger partial charge on any atom is -0.369 e. The predicted molar refractivity (Wildman–Crippen MR) is 92.0 cm³/mol. The number of benzene rings is 1. The first-order valence-corrected chi connectivity index (χ1v) is 8.63. The average molecular weight is 338 g/mol. The van der Waals surface area contributed by atoms with Crippen LogP contribution in [0.1, 0.15) is 18.4 Å². The van der Waals surface area contributed by atoms with Crippen molar-refractivity contribution in [2.24, 2.45) is 0 Å². The fourth-order valence-corrected chi connectivity index (χ4v) is 3.38. The fourth-order valence-electron chi connectivity index (χ4n) is 3.14. The van der Waals surface area contributed by atoms with E-state index in [1.807, 2.05) is 12.1 Å². The molecule has 1 amide bonds. The number of hydrogen-bond acceptors (Lipinski definition) is 4. The molecule has 0 aliphatic carbocycles. The van der Waals surface area contributed by atoms with Gasteiger partial charge in [-0.15, -0.1) is 0 Å². The number of amides is 1. The third kappa shape index (κ3) is 3.97. The van der Waals surface area contributed by atoms with Crippen molar-refractivity contribution in [3.8, 4) is 0 Å². The summed E-state index contributed by atoms with van der Waals surface area (Å²) in [6, 6.07) is 5.95. The van der Waals surface area contributed by atoms with E-state index >= 15 is 0 Å². The van der Waals surface area contributed by atoms with Crippen LogP contribution in [-0.2, 0) is 16.1 Å². The van der Waals surface area contributed by atoms with E-state index in [1.165, 1.54) is 0 Å². The van der Waals surface area contributed by atoms with Crippen LogP contribution in [0.25, 0.3) is 0 Å². The normalized spacial score (nSPS) is 22.3. The summed E-state index contributed by atoms with van der Waals surface area (Å²) < 4.78 is 5.43. The quantitative estimate of drug-likeness (QED) is 0.911. The predicted octanol–water partition coefficient (Wildman–Crippen LogP) is 1.89. The number of halogens is 1. The number of hydrogen-bond donors (Lipinski definition) is 1. The van der Waals surface area contributed by atoms with Gasteiger partial charge in [0.1, 0.15) is 6.10 Å². The Labute approximate surface area is 142 Å². The molecule has 6 heteroatoms. The summed E-state index contributed by atoms with van der Waals surface area (Å²) in [5.41, 5.74) is 2.11. The van der Waals surface area contributed by atoms with E-state index in [2.05, 4.69) is 28.2 Å². The number of piperazine rings is 1. The summed E-state index contributed by atoms with van der Waals surface area (Å²) in [5, 5.41) is 3.69. The molecular weight excluding hydrogens is 314 g/mol. The summed E-state index contributed by atoms with van der Waals surface area (Å²) in [5.74, 6) is -0.0354. The topological polar surface area (TPSA) is 44.8 Å². The smallest absolute Gasteiger partial charge is 0.249 e. The van der Waals surface area contributed by atoms with E-state index in [9.17, 15) is 4.79 Å². The number of rotatable bonds is 4. The molecule has 1 aromatic rings. The molecule has 23 heavy (non-hydrogen) atoms. The first-order valence-electron chi connectivity index (χ1n) is 8.25. The molecule has 1 N–H and O–H groups in total. The van der Waals surface area contributed by atoms with Crippen LogP contribution in [0.3, 0.4) is 0 Å². The molecule has 1 atom stereocenters. The van der Waals surface area contributed by atoms with Gasteiger partial charge in [0.15, 0.2) is 0 Å². The summed E-state index contributed by atoms with van der Waals surface area (Å²) in [6.07, 6.45) is 1.46. The van der Waals surface area contributed by atoms with Crippen LogP contribution in [-0.4, -0.2) is 56.7 Å². The van der Waals surface area contributed by atoms with Gasteiger partial charge in [0.2, 0.25) is 5.91 Å². The molecule has 0 aromatic heterocycles. The molecule has 2 aliphatic rings. The molecule has 1 unspecified atom stereocenters. The summed E-state index contributed by atoms with van der Waals surface area (Å²) >= 11 is 6.40. The Hall–Kier alpha value is -1.30. The van der Waals surface area contributed by atoms with Gasteiger partial charge in [0, 0.05) is 55.6 Å². The Balaban J connectivity index is 1.69. The minimum atomic E-state index is -0.301. The molecule has 126 valence electrons. The van der Waals surface area contributed by atoms with Crippen LogP contribution in [0, 0.1) is 0 Å². The third-order valence-electron chi connectivity index (χ3n) is 4.60. The van der Waals surface area contributed by atoms with Gasteiger partial charge in [-0.05, 0) is 32.0 Å². The fraction of sp³-hybridized carbons (Fsp3) is 0.588. The maximum Gasteiger partial charge on any atom is 0.249 e. The molecule has 2 aliphatic heterocycles. The highest BCUT2D eigenvalue weighted by Gasteiger charge is 2.24. The van der Waals surface area contributed by atoms with Crippen molar-refractivity contribution < 1.29 is 9.53 Å². The van der Waals surface area contributed by atoms with E-state index in [4.69, 9.17) is 16.3 Å². The van der Waals surface area contributed by atoms with Crippen LogP contribution in [0.2, 0.25) is 5.02 Å². The zero-order valence-electron chi connectivity index (χ0n) is 13.6. The molecule has 2 heterocycles. The van der Waals surface area contributed by atoms with E-state index < -0.39 is 0 Å². The van der Waals surface area contributed by atoms with Crippen molar-refractivity contribution in [1.82, 2.24) is 10.2 Å². The molecule has 3 rings (SSSR count). The van der Waals surface area contributed by atoms with E-state index in [0.29, 0.717) is 18.2 Å². The standard InChI is InChI=1S/C17H24ClN3O2/c1-20-7-9-21(10-8-20)15-5-2-4-14(18)13(15)12-19-17(22)16-6-3-11-23-16/h2,4-5,16H,3,6-12H2,1H3,(H,19,22). The Morgan fingerprint density at radius 3 is 2.83 bits per heavy atom. The van der Waals surface area contributed by atoms with Gasteiger partial charge in [0.25, 0.3) is 0 Å². The van der Waals surface area contributed by atoms with Crippen molar-refractivity contribution in [3.63, 3.8) is 0 Å². The van der Waals surface area contributed by atoms with Gasteiger partial charge in [0.05, 0.1) is 0 Å². The Bertz CT molecular complexity index is 553. The number of nitrogens with zero attached hydrogens (tertiary/aromatic N) is 2. The van der Waals surface area contributed by atoms with Crippen molar-refractivity contribution >= 4 is 23.2 Å². The van der Waals surface area contributed by atoms with Crippen molar-refractivity contribution in [2.75, 3.05) is 44.7 Å². The molecule has 2 fully saturated rings. The highest BCUT2D eigenvalue weighted by Crippen LogP contribution is 2.28. The molecule has 0 saturated carbocycles. The highest BCUT2D eigenvalue weighted by atomic mass is 35.5. The number of carbonyl (C=O) groups excluding carboxylic acids is 1. The van der Waals surface area contributed by atoms with Gasteiger partial charge in [-0.3, -0.25) is 4.79 Å². The third-order valence-corrected chi connectivity index (χ3v) is 4.95. The monoisotopic (exact) mass is 337 g/mol. The Kier molecular flexibility index (Phi) is 5.41. The second-order valence-corrected chi connectivity index (χ2v) is 6.65. The van der Waals surface area contributed by atoms with Crippen molar-refractivity contribution in [2.45, 2.75) is 25.5 Å². The molecule has 0 radical (unpaired) electrons. The number of likely N-dealkylation sites (N-methyl/N-ethyl adjacent to an activating group) is 1. The summed E-state index contributed by atoms with van der Waals surface area (Å²) in [4.78, 5) is 16.8. The van der Waals surface area contributed by atoms with Gasteiger partial charge >= 0.3 is 0 Å².